The molecule has 0 bridgehead atoms. The summed E-state index contributed by atoms with van der Waals surface area (Å²) < 4.78 is 11.1. The van der Waals surface area contributed by atoms with Crippen LogP contribution < -0.4 is 4.74 Å². The van der Waals surface area contributed by atoms with Crippen LogP contribution in [0.1, 0.15) is 18.4 Å². The maximum absolute atomic E-state index is 9.48. The molecule has 0 radical (unpaired) electrons. The minimum Gasteiger partial charge on any atom is -0.508 e. The summed E-state index contributed by atoms with van der Waals surface area (Å²) in [5, 5.41) is 9.48. The van der Waals surface area contributed by atoms with E-state index in [0.717, 1.165) is 30.8 Å². The van der Waals surface area contributed by atoms with E-state index in [1.54, 1.807) is 12.1 Å². The SMILES string of the molecule is Cc1c(O)cccc1OCC1CCCO1. The summed E-state index contributed by atoms with van der Waals surface area (Å²) in [5.41, 5.74) is 0.787. The van der Waals surface area contributed by atoms with Crippen LogP contribution in [-0.4, -0.2) is 24.4 Å². The topological polar surface area (TPSA) is 38.7 Å². The Bertz CT molecular complexity index is 330. The van der Waals surface area contributed by atoms with Gasteiger partial charge in [-0.25, -0.2) is 0 Å². The first-order valence-electron chi connectivity index (χ1n) is 5.30. The van der Waals surface area contributed by atoms with Gasteiger partial charge >= 0.3 is 0 Å². The normalized spacial score (nSPS) is 20.5. The molecule has 1 saturated heterocycles. The van der Waals surface area contributed by atoms with Crippen molar-refractivity contribution < 1.29 is 14.6 Å². The molecular formula is C12H16O3. The molecule has 0 saturated carbocycles. The van der Waals surface area contributed by atoms with E-state index in [0.29, 0.717) is 6.61 Å². The molecule has 82 valence electrons. The number of phenols is 1. The van der Waals surface area contributed by atoms with Gasteiger partial charge in [0.1, 0.15) is 18.1 Å². The molecule has 1 unspecified atom stereocenters. The zero-order chi connectivity index (χ0) is 10.7. The first-order valence-corrected chi connectivity index (χ1v) is 5.30. The quantitative estimate of drug-likeness (QED) is 0.828. The molecule has 0 spiro atoms. The Kier molecular flexibility index (Phi) is 3.11. The molecule has 2 rings (SSSR count). The Hall–Kier alpha value is -1.22. The van der Waals surface area contributed by atoms with Crippen LogP contribution in [-0.2, 0) is 4.74 Å². The molecular weight excluding hydrogens is 192 g/mol. The largest absolute Gasteiger partial charge is 0.508 e. The second kappa shape index (κ2) is 4.53. The van der Waals surface area contributed by atoms with Crippen molar-refractivity contribution in [2.45, 2.75) is 25.9 Å². The summed E-state index contributed by atoms with van der Waals surface area (Å²) in [4.78, 5) is 0. The third-order valence-electron chi connectivity index (χ3n) is 2.70. The molecule has 0 aliphatic carbocycles. The number of aromatic hydroxyl groups is 1. The van der Waals surface area contributed by atoms with Gasteiger partial charge in [0.2, 0.25) is 0 Å². The molecule has 0 aromatic heterocycles. The smallest absolute Gasteiger partial charge is 0.126 e. The summed E-state index contributed by atoms with van der Waals surface area (Å²) in [6.07, 6.45) is 2.40. The monoisotopic (exact) mass is 208 g/mol. The highest BCUT2D eigenvalue weighted by Crippen LogP contribution is 2.26. The molecule has 1 aliphatic rings. The van der Waals surface area contributed by atoms with Gasteiger partial charge in [0.05, 0.1) is 6.10 Å². The number of hydrogen-bond acceptors (Lipinski definition) is 3. The molecule has 1 heterocycles. The Labute approximate surface area is 89.6 Å². The van der Waals surface area contributed by atoms with E-state index in [1.807, 2.05) is 13.0 Å². The van der Waals surface area contributed by atoms with Crippen molar-refractivity contribution >= 4 is 0 Å². The summed E-state index contributed by atoms with van der Waals surface area (Å²) in [5.74, 6) is 1.02. The molecule has 0 amide bonds. The highest BCUT2D eigenvalue weighted by Gasteiger charge is 2.16. The zero-order valence-corrected chi connectivity index (χ0v) is 8.90. The molecule has 15 heavy (non-hydrogen) atoms. The fourth-order valence-corrected chi connectivity index (χ4v) is 1.72. The predicted molar refractivity (Wildman–Crippen MR) is 57.3 cm³/mol. The van der Waals surface area contributed by atoms with Crippen LogP contribution in [0.4, 0.5) is 0 Å². The molecule has 1 N–H and O–H groups in total. The molecule has 1 atom stereocenters. The van der Waals surface area contributed by atoms with E-state index in [1.165, 1.54) is 0 Å². The van der Waals surface area contributed by atoms with Gasteiger partial charge in [-0.2, -0.15) is 0 Å². The Morgan fingerprint density at radius 1 is 1.53 bits per heavy atom. The van der Waals surface area contributed by atoms with E-state index in [9.17, 15) is 5.11 Å². The van der Waals surface area contributed by atoms with E-state index < -0.39 is 0 Å². The van der Waals surface area contributed by atoms with Crippen molar-refractivity contribution in [1.82, 2.24) is 0 Å². The van der Waals surface area contributed by atoms with Crippen LogP contribution in [0.25, 0.3) is 0 Å². The Morgan fingerprint density at radius 2 is 2.40 bits per heavy atom. The highest BCUT2D eigenvalue weighted by atomic mass is 16.5. The van der Waals surface area contributed by atoms with Gasteiger partial charge in [0.25, 0.3) is 0 Å². The van der Waals surface area contributed by atoms with Crippen molar-refractivity contribution in [3.8, 4) is 11.5 Å². The lowest BCUT2D eigenvalue weighted by atomic mass is 10.2. The number of phenolic OH excluding ortho intramolecular Hbond substituents is 1. The molecule has 3 heteroatoms. The van der Waals surface area contributed by atoms with E-state index in [4.69, 9.17) is 9.47 Å². The predicted octanol–water partition coefficient (Wildman–Crippen LogP) is 2.26. The fourth-order valence-electron chi connectivity index (χ4n) is 1.72. The van der Waals surface area contributed by atoms with Gasteiger partial charge < -0.3 is 14.6 Å². The number of benzene rings is 1. The highest BCUT2D eigenvalue weighted by molar-refractivity contribution is 5.42. The Balaban J connectivity index is 1.95. The van der Waals surface area contributed by atoms with E-state index in [2.05, 4.69) is 0 Å². The third-order valence-corrected chi connectivity index (χ3v) is 2.70. The van der Waals surface area contributed by atoms with Crippen LogP contribution in [0, 0.1) is 6.92 Å². The van der Waals surface area contributed by atoms with Crippen LogP contribution in [0.15, 0.2) is 18.2 Å². The van der Waals surface area contributed by atoms with Crippen molar-refractivity contribution in [2.75, 3.05) is 13.2 Å². The number of rotatable bonds is 3. The first kappa shape index (κ1) is 10.3. The summed E-state index contributed by atoms with van der Waals surface area (Å²) >= 11 is 0. The molecule has 3 nitrogen and oxygen atoms in total. The average Bonchev–Trinajstić information content (AvgIpc) is 2.73. The average molecular weight is 208 g/mol. The lowest BCUT2D eigenvalue weighted by Gasteiger charge is -2.13. The van der Waals surface area contributed by atoms with Gasteiger partial charge in [0, 0.05) is 12.2 Å². The van der Waals surface area contributed by atoms with Gasteiger partial charge in [-0.05, 0) is 31.9 Å². The summed E-state index contributed by atoms with van der Waals surface area (Å²) in [6, 6.07) is 5.31. The first-order chi connectivity index (χ1) is 7.27. The van der Waals surface area contributed by atoms with Gasteiger partial charge in [0.15, 0.2) is 0 Å². The molecule has 1 aliphatic heterocycles. The van der Waals surface area contributed by atoms with Crippen molar-refractivity contribution in [1.29, 1.82) is 0 Å². The van der Waals surface area contributed by atoms with E-state index in [-0.39, 0.29) is 11.9 Å². The number of ether oxygens (including phenoxy) is 2. The summed E-state index contributed by atoms with van der Waals surface area (Å²) in [6.45, 7) is 3.26. The second-order valence-corrected chi connectivity index (χ2v) is 3.85. The Morgan fingerprint density at radius 3 is 3.13 bits per heavy atom. The molecule has 1 aromatic rings. The maximum atomic E-state index is 9.48. The van der Waals surface area contributed by atoms with Crippen LogP contribution >= 0.6 is 0 Å². The lowest BCUT2D eigenvalue weighted by Crippen LogP contribution is -2.16. The van der Waals surface area contributed by atoms with Crippen molar-refractivity contribution in [3.05, 3.63) is 23.8 Å². The van der Waals surface area contributed by atoms with E-state index >= 15 is 0 Å². The van der Waals surface area contributed by atoms with Crippen LogP contribution in [0.2, 0.25) is 0 Å². The van der Waals surface area contributed by atoms with Crippen molar-refractivity contribution in [3.63, 3.8) is 0 Å². The third kappa shape index (κ3) is 2.42. The second-order valence-electron chi connectivity index (χ2n) is 3.85. The zero-order valence-electron chi connectivity index (χ0n) is 8.90. The maximum Gasteiger partial charge on any atom is 0.126 e. The minimum absolute atomic E-state index is 0.215. The van der Waals surface area contributed by atoms with Crippen LogP contribution in [0.3, 0.4) is 0 Å². The standard InChI is InChI=1S/C12H16O3/c1-9-11(13)5-2-6-12(9)15-8-10-4-3-7-14-10/h2,5-6,10,13H,3-4,7-8H2,1H3. The van der Waals surface area contributed by atoms with Gasteiger partial charge in [-0.15, -0.1) is 0 Å². The fraction of sp³-hybridized carbons (Fsp3) is 0.500. The molecule has 1 fully saturated rings. The van der Waals surface area contributed by atoms with Crippen molar-refractivity contribution in [2.24, 2.45) is 0 Å². The minimum atomic E-state index is 0.215. The van der Waals surface area contributed by atoms with Crippen LogP contribution in [0.5, 0.6) is 11.5 Å². The van der Waals surface area contributed by atoms with Gasteiger partial charge in [-0.3, -0.25) is 0 Å². The number of hydrogen-bond donors (Lipinski definition) is 1. The summed E-state index contributed by atoms with van der Waals surface area (Å²) in [7, 11) is 0. The molecule has 1 aromatic carbocycles. The lowest BCUT2D eigenvalue weighted by molar-refractivity contribution is 0.0676. The van der Waals surface area contributed by atoms with Gasteiger partial charge in [-0.1, -0.05) is 6.07 Å².